The molecule has 1 aliphatic carbocycles. The molecular formula is C16H22FNO2S. The first-order valence-electron chi connectivity index (χ1n) is 7.21. The third kappa shape index (κ3) is 4.71. The Kier molecular flexibility index (Phi) is 5.27. The van der Waals surface area contributed by atoms with Crippen molar-refractivity contribution in [1.82, 2.24) is 5.32 Å². The van der Waals surface area contributed by atoms with Gasteiger partial charge in [0.15, 0.2) is 0 Å². The summed E-state index contributed by atoms with van der Waals surface area (Å²) >= 11 is 1.57. The lowest BCUT2D eigenvalue weighted by Crippen LogP contribution is -2.52. The van der Waals surface area contributed by atoms with Crippen LogP contribution in [-0.2, 0) is 9.53 Å². The molecule has 2 unspecified atom stereocenters. The molecule has 116 valence electrons. The van der Waals surface area contributed by atoms with Crippen LogP contribution in [0.3, 0.4) is 0 Å². The summed E-state index contributed by atoms with van der Waals surface area (Å²) in [6, 6.07) is 6.95. The smallest absolute Gasteiger partial charge is 0.325 e. The van der Waals surface area contributed by atoms with Gasteiger partial charge in [-0.25, -0.2) is 4.39 Å². The number of esters is 1. The Morgan fingerprint density at radius 2 is 2.29 bits per heavy atom. The van der Waals surface area contributed by atoms with E-state index in [2.05, 4.69) is 5.32 Å². The van der Waals surface area contributed by atoms with E-state index in [1.165, 1.54) is 19.2 Å². The number of benzene rings is 1. The average molecular weight is 311 g/mol. The number of nitrogens with one attached hydrogen (secondary N) is 1. The zero-order chi connectivity index (χ0) is 15.5. The van der Waals surface area contributed by atoms with E-state index in [1.54, 1.807) is 17.8 Å². The maximum absolute atomic E-state index is 13.2. The fraction of sp³-hybridized carbons (Fsp3) is 0.562. The average Bonchev–Trinajstić information content (AvgIpc) is 3.21. The highest BCUT2D eigenvalue weighted by molar-refractivity contribution is 7.99. The zero-order valence-corrected chi connectivity index (χ0v) is 13.5. The third-order valence-electron chi connectivity index (χ3n) is 3.57. The first-order valence-corrected chi connectivity index (χ1v) is 8.09. The number of carbonyl (C=O) groups excluding carboxylic acids is 1. The van der Waals surface area contributed by atoms with Gasteiger partial charge >= 0.3 is 5.97 Å². The quantitative estimate of drug-likeness (QED) is 0.619. The maximum Gasteiger partial charge on any atom is 0.325 e. The molecule has 1 aliphatic rings. The summed E-state index contributed by atoms with van der Waals surface area (Å²) in [4.78, 5) is 13.0. The maximum atomic E-state index is 13.2. The number of hydrogen-bond acceptors (Lipinski definition) is 4. The van der Waals surface area contributed by atoms with E-state index in [0.717, 1.165) is 17.7 Å². The highest BCUT2D eigenvalue weighted by Gasteiger charge is 2.40. The number of halogens is 1. The van der Waals surface area contributed by atoms with Crippen LogP contribution >= 0.6 is 11.8 Å². The Labute approximate surface area is 129 Å². The molecule has 0 radical (unpaired) electrons. The second kappa shape index (κ2) is 6.79. The topological polar surface area (TPSA) is 38.3 Å². The van der Waals surface area contributed by atoms with Crippen LogP contribution in [-0.4, -0.2) is 29.9 Å². The highest BCUT2D eigenvalue weighted by atomic mass is 32.2. The van der Waals surface area contributed by atoms with E-state index < -0.39 is 5.54 Å². The van der Waals surface area contributed by atoms with Crippen LogP contribution in [0.5, 0.6) is 0 Å². The van der Waals surface area contributed by atoms with E-state index in [0.29, 0.717) is 12.5 Å². The predicted molar refractivity (Wildman–Crippen MR) is 82.9 cm³/mol. The van der Waals surface area contributed by atoms with Crippen molar-refractivity contribution in [2.24, 2.45) is 0 Å². The Hall–Kier alpha value is -1.07. The standard InChI is InChI=1S/C16H22FNO2S/c1-11(21-14-6-4-5-12(17)9-14)10-16(2,15(19)20-3)18-13-7-8-13/h4-6,9,11,13,18H,7-8,10H2,1-3H3. The summed E-state index contributed by atoms with van der Waals surface area (Å²) in [5, 5.41) is 3.55. The Morgan fingerprint density at radius 1 is 1.57 bits per heavy atom. The van der Waals surface area contributed by atoms with E-state index in [-0.39, 0.29) is 17.0 Å². The Morgan fingerprint density at radius 3 is 2.86 bits per heavy atom. The minimum atomic E-state index is -0.685. The molecule has 1 N–H and O–H groups in total. The molecule has 0 amide bonds. The lowest BCUT2D eigenvalue weighted by Gasteiger charge is -2.30. The molecule has 21 heavy (non-hydrogen) atoms. The highest BCUT2D eigenvalue weighted by Crippen LogP contribution is 2.32. The number of ether oxygens (including phenoxy) is 1. The van der Waals surface area contributed by atoms with Gasteiger partial charge in [0.05, 0.1) is 7.11 Å². The summed E-state index contributed by atoms with van der Waals surface area (Å²) in [5.74, 6) is -0.472. The second-order valence-electron chi connectivity index (χ2n) is 5.83. The minimum absolute atomic E-state index is 0.169. The van der Waals surface area contributed by atoms with E-state index >= 15 is 0 Å². The van der Waals surface area contributed by atoms with Crippen molar-refractivity contribution in [3.8, 4) is 0 Å². The largest absolute Gasteiger partial charge is 0.468 e. The van der Waals surface area contributed by atoms with Crippen LogP contribution < -0.4 is 5.32 Å². The van der Waals surface area contributed by atoms with E-state index in [1.807, 2.05) is 19.9 Å². The molecule has 3 nitrogen and oxygen atoms in total. The van der Waals surface area contributed by atoms with Crippen LogP contribution in [0.15, 0.2) is 29.2 Å². The molecule has 2 rings (SSSR count). The molecule has 0 saturated heterocycles. The molecule has 1 aromatic carbocycles. The molecule has 0 heterocycles. The van der Waals surface area contributed by atoms with Crippen molar-refractivity contribution in [3.63, 3.8) is 0 Å². The van der Waals surface area contributed by atoms with Crippen molar-refractivity contribution in [2.75, 3.05) is 7.11 Å². The number of hydrogen-bond donors (Lipinski definition) is 1. The summed E-state index contributed by atoms with van der Waals surface area (Å²) in [5.41, 5.74) is -0.685. The number of thioether (sulfide) groups is 1. The Bertz CT molecular complexity index is 507. The van der Waals surface area contributed by atoms with Crippen LogP contribution in [0.1, 0.15) is 33.1 Å². The fourth-order valence-electron chi connectivity index (χ4n) is 2.49. The van der Waals surface area contributed by atoms with Crippen molar-refractivity contribution in [2.45, 2.75) is 54.8 Å². The number of methoxy groups -OCH3 is 1. The van der Waals surface area contributed by atoms with E-state index in [9.17, 15) is 9.18 Å². The normalized spacial score (nSPS) is 18.9. The van der Waals surface area contributed by atoms with Gasteiger partial charge in [0, 0.05) is 16.2 Å². The van der Waals surface area contributed by atoms with Gasteiger partial charge < -0.3 is 4.74 Å². The van der Waals surface area contributed by atoms with Gasteiger partial charge in [-0.2, -0.15) is 0 Å². The van der Waals surface area contributed by atoms with Gasteiger partial charge in [0.1, 0.15) is 11.4 Å². The van der Waals surface area contributed by atoms with E-state index in [4.69, 9.17) is 4.74 Å². The first-order chi connectivity index (χ1) is 9.93. The molecular weight excluding hydrogens is 289 g/mol. The summed E-state index contributed by atoms with van der Waals surface area (Å²) in [7, 11) is 1.42. The summed E-state index contributed by atoms with van der Waals surface area (Å²) in [6.45, 7) is 3.94. The Balaban J connectivity index is 2.00. The molecule has 1 aromatic rings. The molecule has 0 aliphatic heterocycles. The molecule has 0 spiro atoms. The molecule has 1 saturated carbocycles. The third-order valence-corrected chi connectivity index (χ3v) is 4.66. The second-order valence-corrected chi connectivity index (χ2v) is 7.34. The fourth-order valence-corrected chi connectivity index (χ4v) is 3.71. The van der Waals surface area contributed by atoms with Gasteiger partial charge in [0.25, 0.3) is 0 Å². The number of rotatable bonds is 7. The zero-order valence-electron chi connectivity index (χ0n) is 12.7. The molecule has 0 aromatic heterocycles. The van der Waals surface area contributed by atoms with Crippen molar-refractivity contribution < 1.29 is 13.9 Å². The van der Waals surface area contributed by atoms with Crippen LogP contribution in [0.25, 0.3) is 0 Å². The van der Waals surface area contributed by atoms with Gasteiger partial charge in [-0.3, -0.25) is 10.1 Å². The van der Waals surface area contributed by atoms with Crippen LogP contribution in [0, 0.1) is 5.82 Å². The van der Waals surface area contributed by atoms with Gasteiger partial charge in [-0.1, -0.05) is 13.0 Å². The van der Waals surface area contributed by atoms with Crippen molar-refractivity contribution in [1.29, 1.82) is 0 Å². The van der Waals surface area contributed by atoms with Gasteiger partial charge in [-0.05, 0) is 44.4 Å². The molecule has 5 heteroatoms. The van der Waals surface area contributed by atoms with Crippen molar-refractivity contribution >= 4 is 17.7 Å². The van der Waals surface area contributed by atoms with Gasteiger partial charge in [-0.15, -0.1) is 11.8 Å². The summed E-state index contributed by atoms with van der Waals surface area (Å²) in [6.07, 6.45) is 2.85. The minimum Gasteiger partial charge on any atom is -0.468 e. The van der Waals surface area contributed by atoms with Crippen LogP contribution in [0.2, 0.25) is 0 Å². The first kappa shape index (κ1) is 16.3. The number of carbonyl (C=O) groups is 1. The van der Waals surface area contributed by atoms with Gasteiger partial charge in [0.2, 0.25) is 0 Å². The monoisotopic (exact) mass is 311 g/mol. The molecule has 2 atom stereocenters. The molecule has 1 fully saturated rings. The lowest BCUT2D eigenvalue weighted by atomic mass is 9.96. The summed E-state index contributed by atoms with van der Waals surface area (Å²) < 4.78 is 18.2. The molecule has 0 bridgehead atoms. The van der Waals surface area contributed by atoms with Crippen molar-refractivity contribution in [3.05, 3.63) is 30.1 Å². The van der Waals surface area contributed by atoms with Crippen LogP contribution in [0.4, 0.5) is 4.39 Å². The predicted octanol–water partition coefficient (Wildman–Crippen LogP) is 3.38. The lowest BCUT2D eigenvalue weighted by molar-refractivity contribution is -0.148. The SMILES string of the molecule is COC(=O)C(C)(CC(C)Sc1cccc(F)c1)NC1CC1.